The molecule has 32 heavy (non-hydrogen) atoms. The van der Waals surface area contributed by atoms with Crippen molar-refractivity contribution >= 4 is 60.0 Å². The Bertz CT molecular complexity index is 1510. The summed E-state index contributed by atoms with van der Waals surface area (Å²) in [5.41, 5.74) is 10.0. The van der Waals surface area contributed by atoms with Crippen molar-refractivity contribution in [3.05, 3.63) is 88.8 Å². The Kier molecular flexibility index (Phi) is 5.51. The molecule has 0 amide bonds. The fraction of sp³-hybridized carbons (Fsp3) is 0.0417. The van der Waals surface area contributed by atoms with Gasteiger partial charge in [-0.05, 0) is 46.3 Å². The average Bonchev–Trinajstić information content (AvgIpc) is 3.44. The quantitative estimate of drug-likeness (QED) is 0.287. The van der Waals surface area contributed by atoms with E-state index in [1.54, 1.807) is 35.6 Å². The number of hydrogen-bond donors (Lipinski definition) is 1. The number of halogens is 1. The van der Waals surface area contributed by atoms with Crippen LogP contribution in [0, 0.1) is 0 Å². The highest BCUT2D eigenvalue weighted by atomic mass is 35.5. The van der Waals surface area contributed by atoms with Crippen LogP contribution in [0.4, 0.5) is 5.69 Å². The third-order valence-electron chi connectivity index (χ3n) is 5.08. The van der Waals surface area contributed by atoms with E-state index in [0.717, 1.165) is 33.0 Å². The Hall–Kier alpha value is -2.71. The number of benzene rings is 2. The SMILES string of the molecule is Nc1c(S(=O)(=O)Cc2ccc(Cl)cc2)sc2nc(-c3cccs3)cc(-c3ccccc3)c12. The third kappa shape index (κ3) is 3.93. The van der Waals surface area contributed by atoms with Gasteiger partial charge in [0.05, 0.1) is 22.0 Å². The van der Waals surface area contributed by atoms with E-state index < -0.39 is 9.84 Å². The van der Waals surface area contributed by atoms with Crippen LogP contribution in [-0.2, 0) is 15.6 Å². The summed E-state index contributed by atoms with van der Waals surface area (Å²) in [4.78, 5) is 6.41. The largest absolute Gasteiger partial charge is 0.396 e. The van der Waals surface area contributed by atoms with E-state index in [0.29, 0.717) is 20.8 Å². The molecule has 8 heteroatoms. The number of anilines is 1. The van der Waals surface area contributed by atoms with Gasteiger partial charge in [0.1, 0.15) is 9.04 Å². The molecule has 0 fully saturated rings. The number of hydrogen-bond acceptors (Lipinski definition) is 6. The molecule has 0 unspecified atom stereocenters. The molecule has 0 spiro atoms. The van der Waals surface area contributed by atoms with Gasteiger partial charge in [-0.1, -0.05) is 60.1 Å². The fourth-order valence-electron chi connectivity index (χ4n) is 3.59. The summed E-state index contributed by atoms with van der Waals surface area (Å²) in [7, 11) is -3.67. The van der Waals surface area contributed by atoms with Gasteiger partial charge in [0.15, 0.2) is 9.84 Å². The predicted octanol–water partition coefficient (Wildman–Crippen LogP) is 6.90. The van der Waals surface area contributed by atoms with Gasteiger partial charge in [-0.3, -0.25) is 0 Å². The number of nitrogens with two attached hydrogens (primary N) is 1. The Morgan fingerprint density at radius 3 is 2.41 bits per heavy atom. The molecular formula is C24H17ClN2O2S3. The summed E-state index contributed by atoms with van der Waals surface area (Å²) in [5, 5.41) is 3.23. The number of pyridine rings is 1. The molecular weight excluding hydrogens is 480 g/mol. The molecule has 3 heterocycles. The maximum Gasteiger partial charge on any atom is 0.194 e. The van der Waals surface area contributed by atoms with E-state index >= 15 is 0 Å². The molecule has 0 saturated heterocycles. The molecule has 0 aliphatic carbocycles. The molecule has 2 aromatic carbocycles. The third-order valence-corrected chi connectivity index (χ3v) is 9.62. The summed E-state index contributed by atoms with van der Waals surface area (Å²) >= 11 is 8.65. The molecule has 160 valence electrons. The Morgan fingerprint density at radius 2 is 1.72 bits per heavy atom. The smallest absolute Gasteiger partial charge is 0.194 e. The van der Waals surface area contributed by atoms with Gasteiger partial charge >= 0.3 is 0 Å². The first-order chi connectivity index (χ1) is 15.4. The summed E-state index contributed by atoms with van der Waals surface area (Å²) < 4.78 is 26.8. The Morgan fingerprint density at radius 1 is 0.969 bits per heavy atom. The lowest BCUT2D eigenvalue weighted by atomic mass is 10.0. The number of nitrogens with zero attached hydrogens (tertiary/aromatic N) is 1. The van der Waals surface area contributed by atoms with Crippen LogP contribution in [0.15, 0.2) is 82.4 Å². The lowest BCUT2D eigenvalue weighted by Gasteiger charge is -2.08. The van der Waals surface area contributed by atoms with Crippen molar-refractivity contribution in [1.82, 2.24) is 4.98 Å². The predicted molar refractivity (Wildman–Crippen MR) is 135 cm³/mol. The zero-order chi connectivity index (χ0) is 22.3. The normalized spacial score (nSPS) is 11.8. The van der Waals surface area contributed by atoms with Gasteiger partial charge in [0, 0.05) is 10.4 Å². The van der Waals surface area contributed by atoms with E-state index in [1.165, 1.54) is 0 Å². The van der Waals surface area contributed by atoms with Crippen LogP contribution in [0.25, 0.3) is 31.9 Å². The van der Waals surface area contributed by atoms with E-state index in [1.807, 2.05) is 53.9 Å². The minimum absolute atomic E-state index is 0.149. The second-order valence-corrected chi connectivity index (χ2v) is 11.8. The topological polar surface area (TPSA) is 73.1 Å². The van der Waals surface area contributed by atoms with Crippen LogP contribution in [0.5, 0.6) is 0 Å². The van der Waals surface area contributed by atoms with Gasteiger partial charge in [0.25, 0.3) is 0 Å². The van der Waals surface area contributed by atoms with Gasteiger partial charge in [-0.2, -0.15) is 0 Å². The number of sulfone groups is 1. The van der Waals surface area contributed by atoms with Crippen LogP contribution in [0.1, 0.15) is 5.56 Å². The summed E-state index contributed by atoms with van der Waals surface area (Å²) in [6.45, 7) is 0. The van der Waals surface area contributed by atoms with Crippen molar-refractivity contribution in [1.29, 1.82) is 0 Å². The molecule has 2 N–H and O–H groups in total. The number of fused-ring (bicyclic) bond motifs is 1. The zero-order valence-corrected chi connectivity index (χ0v) is 19.9. The van der Waals surface area contributed by atoms with Crippen LogP contribution in [0.2, 0.25) is 5.02 Å². The van der Waals surface area contributed by atoms with Crippen LogP contribution in [0.3, 0.4) is 0 Å². The number of thiophene rings is 2. The first kappa shape index (κ1) is 21.2. The van der Waals surface area contributed by atoms with Gasteiger partial charge in [-0.15, -0.1) is 22.7 Å². The van der Waals surface area contributed by atoms with Gasteiger partial charge in [0.2, 0.25) is 0 Å². The minimum atomic E-state index is -3.67. The fourth-order valence-corrected chi connectivity index (χ4v) is 7.38. The summed E-state index contributed by atoms with van der Waals surface area (Å²) in [6, 6.07) is 22.6. The molecule has 0 aliphatic rings. The maximum absolute atomic E-state index is 13.3. The molecule has 0 bridgehead atoms. The van der Waals surface area contributed by atoms with E-state index in [-0.39, 0.29) is 15.6 Å². The van der Waals surface area contributed by atoms with Crippen molar-refractivity contribution in [2.24, 2.45) is 0 Å². The van der Waals surface area contributed by atoms with Gasteiger partial charge in [-0.25, -0.2) is 13.4 Å². The van der Waals surface area contributed by atoms with Crippen molar-refractivity contribution in [3.8, 4) is 21.7 Å². The highest BCUT2D eigenvalue weighted by Gasteiger charge is 2.26. The standard InChI is InChI=1S/C24H17ClN2O2S3/c25-17-10-8-15(9-11-17)14-32(28,29)24-22(26)21-18(16-5-2-1-3-6-16)13-19(27-23(21)31-24)20-7-4-12-30-20/h1-13H,14,26H2. The van der Waals surface area contributed by atoms with Crippen LogP contribution < -0.4 is 5.73 Å². The van der Waals surface area contributed by atoms with Crippen molar-refractivity contribution < 1.29 is 8.42 Å². The van der Waals surface area contributed by atoms with Crippen LogP contribution in [-0.4, -0.2) is 13.4 Å². The highest BCUT2D eigenvalue weighted by molar-refractivity contribution is 7.93. The number of rotatable bonds is 5. The highest BCUT2D eigenvalue weighted by Crippen LogP contribution is 2.44. The molecule has 0 atom stereocenters. The summed E-state index contributed by atoms with van der Waals surface area (Å²) in [5.74, 6) is -0.153. The summed E-state index contributed by atoms with van der Waals surface area (Å²) in [6.07, 6.45) is 0. The monoisotopic (exact) mass is 496 g/mol. The molecule has 0 radical (unpaired) electrons. The van der Waals surface area contributed by atoms with E-state index in [4.69, 9.17) is 22.3 Å². The molecule has 3 aromatic heterocycles. The van der Waals surface area contributed by atoms with Crippen LogP contribution >= 0.6 is 34.3 Å². The van der Waals surface area contributed by atoms with E-state index in [2.05, 4.69) is 0 Å². The van der Waals surface area contributed by atoms with Crippen molar-refractivity contribution in [2.75, 3.05) is 5.73 Å². The van der Waals surface area contributed by atoms with Gasteiger partial charge < -0.3 is 5.73 Å². The molecule has 0 saturated carbocycles. The first-order valence-electron chi connectivity index (χ1n) is 9.72. The zero-order valence-electron chi connectivity index (χ0n) is 16.7. The van der Waals surface area contributed by atoms with Crippen molar-refractivity contribution in [2.45, 2.75) is 9.96 Å². The maximum atomic E-state index is 13.3. The number of aromatic nitrogens is 1. The second-order valence-electron chi connectivity index (χ2n) is 7.27. The van der Waals surface area contributed by atoms with E-state index in [9.17, 15) is 8.42 Å². The molecule has 5 aromatic rings. The number of nitrogen functional groups attached to an aromatic ring is 1. The minimum Gasteiger partial charge on any atom is -0.396 e. The molecule has 4 nitrogen and oxygen atoms in total. The average molecular weight is 497 g/mol. The Labute approximate surface area is 198 Å². The lowest BCUT2D eigenvalue weighted by Crippen LogP contribution is -2.05. The lowest BCUT2D eigenvalue weighted by molar-refractivity contribution is 0.597. The second kappa shape index (κ2) is 8.33. The van der Waals surface area contributed by atoms with Crippen molar-refractivity contribution in [3.63, 3.8) is 0 Å². The first-order valence-corrected chi connectivity index (χ1v) is 13.4. The molecule has 5 rings (SSSR count). The Balaban J connectivity index is 1.70. The molecule has 0 aliphatic heterocycles.